The number of ether oxygens (including phenoxy) is 3. The summed E-state index contributed by atoms with van der Waals surface area (Å²) in [5.74, 6) is -1.96. The van der Waals surface area contributed by atoms with Crippen molar-refractivity contribution in [2.75, 3.05) is 13.2 Å². The van der Waals surface area contributed by atoms with E-state index in [2.05, 4.69) is 6.58 Å². The third-order valence-electron chi connectivity index (χ3n) is 4.37. The van der Waals surface area contributed by atoms with E-state index in [1.807, 2.05) is 6.08 Å². The average molecular weight is 364 g/mol. The Balaban J connectivity index is 2.26. The van der Waals surface area contributed by atoms with E-state index in [9.17, 15) is 19.5 Å². The molecule has 1 fully saturated rings. The van der Waals surface area contributed by atoms with Crippen LogP contribution in [0.4, 0.5) is 0 Å². The molecule has 1 aliphatic heterocycles. The molecule has 0 aromatic heterocycles. The number of fused-ring (bicyclic) bond motifs is 1. The molecule has 3 atom stereocenters. The Morgan fingerprint density at radius 1 is 1.23 bits per heavy atom. The summed E-state index contributed by atoms with van der Waals surface area (Å²) in [7, 11) is 0. The van der Waals surface area contributed by atoms with Crippen molar-refractivity contribution in [3.63, 3.8) is 0 Å². The number of carbonyl (C=O) groups is 3. The van der Waals surface area contributed by atoms with Crippen molar-refractivity contribution in [1.82, 2.24) is 0 Å². The summed E-state index contributed by atoms with van der Waals surface area (Å²) in [5, 5.41) is 10.6. The maximum Gasteiger partial charge on any atom is 0.334 e. The molecule has 0 aromatic rings. The number of aliphatic hydroxyl groups is 1. The van der Waals surface area contributed by atoms with Crippen LogP contribution in [0.1, 0.15) is 33.1 Å². The fourth-order valence-electron chi connectivity index (χ4n) is 3.08. The summed E-state index contributed by atoms with van der Waals surface area (Å²) < 4.78 is 15.4. The molecule has 0 radical (unpaired) electrons. The number of aliphatic hydroxyl groups excluding tert-OH is 1. The van der Waals surface area contributed by atoms with Crippen LogP contribution in [0.3, 0.4) is 0 Å². The van der Waals surface area contributed by atoms with Gasteiger partial charge in [0.2, 0.25) is 0 Å². The van der Waals surface area contributed by atoms with Gasteiger partial charge in [0.05, 0.1) is 12.0 Å². The second-order valence-electron chi connectivity index (χ2n) is 6.48. The molecule has 142 valence electrons. The Morgan fingerprint density at radius 2 is 1.85 bits per heavy atom. The van der Waals surface area contributed by atoms with E-state index in [-0.39, 0.29) is 25.2 Å². The molecule has 0 amide bonds. The maximum absolute atomic E-state index is 11.9. The average Bonchev–Trinajstić information content (AvgIpc) is 2.83. The number of rotatable bonds is 4. The van der Waals surface area contributed by atoms with Crippen LogP contribution in [0.15, 0.2) is 35.5 Å². The van der Waals surface area contributed by atoms with Crippen LogP contribution >= 0.6 is 0 Å². The smallest absolute Gasteiger partial charge is 0.334 e. The molecule has 0 spiro atoms. The molecule has 0 unspecified atom stereocenters. The predicted octanol–water partition coefficient (Wildman–Crippen LogP) is 1.61. The van der Waals surface area contributed by atoms with Crippen LogP contribution in [0.25, 0.3) is 0 Å². The molecule has 1 saturated heterocycles. The molecule has 0 bridgehead atoms. The molecule has 26 heavy (non-hydrogen) atoms. The van der Waals surface area contributed by atoms with E-state index < -0.39 is 36.0 Å². The van der Waals surface area contributed by atoms with Gasteiger partial charge in [-0.25, -0.2) is 4.79 Å². The van der Waals surface area contributed by atoms with Crippen LogP contribution in [0.5, 0.6) is 0 Å². The fraction of sp³-hybridized carbons (Fsp3) is 0.526. The van der Waals surface area contributed by atoms with Crippen LogP contribution < -0.4 is 0 Å². The molecule has 7 heteroatoms. The normalized spacial score (nSPS) is 30.2. The van der Waals surface area contributed by atoms with Gasteiger partial charge in [0, 0.05) is 19.4 Å². The van der Waals surface area contributed by atoms with Gasteiger partial charge in [-0.3, -0.25) is 9.59 Å². The molecule has 2 rings (SSSR count). The first-order chi connectivity index (χ1) is 12.3. The molecule has 1 N–H and O–H groups in total. The molecule has 7 nitrogen and oxygen atoms in total. The first kappa shape index (κ1) is 19.9. The van der Waals surface area contributed by atoms with E-state index >= 15 is 0 Å². The SMILES string of the molecule is C=C1C(=O)O[C@@H]2/C=C(\COC(C)=O)CC/C=C(\COC(C)=O)C[C@H](O)[C@@H]12. The van der Waals surface area contributed by atoms with Gasteiger partial charge in [-0.05, 0) is 36.5 Å². The highest BCUT2D eigenvalue weighted by molar-refractivity contribution is 5.91. The Labute approximate surface area is 152 Å². The van der Waals surface area contributed by atoms with Crippen molar-refractivity contribution in [3.05, 3.63) is 35.5 Å². The quantitative estimate of drug-likeness (QED) is 0.350. The molecule has 1 aliphatic carbocycles. The van der Waals surface area contributed by atoms with E-state index in [0.29, 0.717) is 12.8 Å². The lowest BCUT2D eigenvalue weighted by Gasteiger charge is -2.24. The minimum Gasteiger partial charge on any atom is -0.461 e. The lowest BCUT2D eigenvalue weighted by atomic mass is 9.85. The zero-order valence-electron chi connectivity index (χ0n) is 15.0. The van der Waals surface area contributed by atoms with Crippen LogP contribution in [0, 0.1) is 5.92 Å². The minimum atomic E-state index is -0.912. The van der Waals surface area contributed by atoms with Crippen LogP contribution in [0.2, 0.25) is 0 Å². The summed E-state index contributed by atoms with van der Waals surface area (Å²) in [6, 6.07) is 0. The zero-order valence-corrected chi connectivity index (χ0v) is 15.0. The lowest BCUT2D eigenvalue weighted by molar-refractivity contribution is -0.141. The highest BCUT2D eigenvalue weighted by Crippen LogP contribution is 2.34. The topological polar surface area (TPSA) is 99.1 Å². The van der Waals surface area contributed by atoms with Gasteiger partial charge in [-0.1, -0.05) is 12.7 Å². The van der Waals surface area contributed by atoms with Gasteiger partial charge >= 0.3 is 17.9 Å². The minimum absolute atomic E-state index is 0.0774. The third kappa shape index (κ3) is 5.29. The summed E-state index contributed by atoms with van der Waals surface area (Å²) in [4.78, 5) is 34.1. The molecular formula is C19H24O7. The monoisotopic (exact) mass is 364 g/mol. The van der Waals surface area contributed by atoms with Crippen molar-refractivity contribution in [2.24, 2.45) is 5.92 Å². The van der Waals surface area contributed by atoms with Gasteiger partial charge in [-0.15, -0.1) is 0 Å². The van der Waals surface area contributed by atoms with Gasteiger partial charge in [0.1, 0.15) is 19.3 Å². The number of allylic oxidation sites excluding steroid dienone is 1. The summed E-state index contributed by atoms with van der Waals surface area (Å²) in [5.41, 5.74) is 1.75. The number of carbonyl (C=O) groups excluding carboxylic acids is 3. The second-order valence-corrected chi connectivity index (χ2v) is 6.48. The summed E-state index contributed by atoms with van der Waals surface area (Å²) >= 11 is 0. The fourth-order valence-corrected chi connectivity index (χ4v) is 3.08. The van der Waals surface area contributed by atoms with Crippen molar-refractivity contribution < 1.29 is 33.7 Å². The zero-order chi connectivity index (χ0) is 19.3. The van der Waals surface area contributed by atoms with E-state index in [4.69, 9.17) is 14.2 Å². The Kier molecular flexibility index (Phi) is 6.74. The Hall–Kier alpha value is -2.41. The summed E-state index contributed by atoms with van der Waals surface area (Å²) in [6.07, 6.45) is 3.50. The second kappa shape index (κ2) is 8.80. The predicted molar refractivity (Wildman–Crippen MR) is 91.8 cm³/mol. The molecule has 0 saturated carbocycles. The lowest BCUT2D eigenvalue weighted by Crippen LogP contribution is -2.30. The molecular weight excluding hydrogens is 340 g/mol. The largest absolute Gasteiger partial charge is 0.461 e. The van der Waals surface area contributed by atoms with E-state index in [1.54, 1.807) is 6.08 Å². The van der Waals surface area contributed by atoms with Gasteiger partial charge < -0.3 is 19.3 Å². The number of hydrogen-bond acceptors (Lipinski definition) is 7. The highest BCUT2D eigenvalue weighted by Gasteiger charge is 2.42. The van der Waals surface area contributed by atoms with Crippen molar-refractivity contribution in [3.8, 4) is 0 Å². The van der Waals surface area contributed by atoms with E-state index in [1.165, 1.54) is 13.8 Å². The summed E-state index contributed by atoms with van der Waals surface area (Å²) in [6.45, 7) is 6.55. The number of esters is 3. The van der Waals surface area contributed by atoms with Crippen molar-refractivity contribution >= 4 is 17.9 Å². The highest BCUT2D eigenvalue weighted by atomic mass is 16.6. The van der Waals surface area contributed by atoms with Gasteiger partial charge in [-0.2, -0.15) is 0 Å². The van der Waals surface area contributed by atoms with Crippen LogP contribution in [-0.2, 0) is 28.6 Å². The Bertz CT molecular complexity index is 659. The first-order valence-corrected chi connectivity index (χ1v) is 8.50. The van der Waals surface area contributed by atoms with E-state index in [0.717, 1.165) is 11.1 Å². The van der Waals surface area contributed by atoms with Gasteiger partial charge in [0.15, 0.2) is 0 Å². The first-order valence-electron chi connectivity index (χ1n) is 8.50. The third-order valence-corrected chi connectivity index (χ3v) is 4.37. The van der Waals surface area contributed by atoms with Crippen LogP contribution in [-0.4, -0.2) is 48.4 Å². The standard InChI is InChI=1S/C19H24O7/c1-11-18-16(22)7-14(9-24-12(2)20)5-4-6-15(10-25-13(3)21)8-17(18)26-19(11)23/h5,8,16-18,22H,1,4,6-7,9-10H2,2-3H3/b14-5-,15-8-/t16-,17+,18+/m0/s1. The van der Waals surface area contributed by atoms with Gasteiger partial charge in [0.25, 0.3) is 0 Å². The molecule has 2 aliphatic rings. The molecule has 0 aromatic carbocycles. The number of hydrogen-bond donors (Lipinski definition) is 1. The maximum atomic E-state index is 11.9. The van der Waals surface area contributed by atoms with Crippen molar-refractivity contribution in [1.29, 1.82) is 0 Å². The van der Waals surface area contributed by atoms with Crippen molar-refractivity contribution in [2.45, 2.75) is 45.3 Å². The molecule has 1 heterocycles. The Morgan fingerprint density at radius 3 is 2.46 bits per heavy atom.